The van der Waals surface area contributed by atoms with Crippen LogP contribution in [0.3, 0.4) is 0 Å². The molecule has 4 rings (SSSR count). The van der Waals surface area contributed by atoms with Gasteiger partial charge in [-0.2, -0.15) is 9.78 Å². The Bertz CT molecular complexity index is 1400. The molecule has 1 aliphatic rings. The fraction of sp³-hybridized carbons (Fsp3) is 0.261. The number of fused-ring (bicyclic) bond motifs is 1. The molecular formula is C23H23FN4O4S. The average molecular weight is 471 g/mol. The summed E-state index contributed by atoms with van der Waals surface area (Å²) in [6.07, 6.45) is 0.566. The lowest BCUT2D eigenvalue weighted by molar-refractivity contribution is -0.116. The van der Waals surface area contributed by atoms with Crippen LogP contribution in [-0.2, 0) is 21.2 Å². The molecule has 0 spiro atoms. The SMILES string of the molecule is CCc1nn2c(c1-c1ccc(C)c(S(=O)(=O)Nc3ccc(F)cc3C)c1)NC(=O)CCC2=O. The number of halogens is 1. The van der Waals surface area contributed by atoms with Gasteiger partial charge in [-0.3, -0.25) is 14.3 Å². The zero-order valence-corrected chi connectivity index (χ0v) is 19.2. The summed E-state index contributed by atoms with van der Waals surface area (Å²) in [6.45, 7) is 5.14. The zero-order valence-electron chi connectivity index (χ0n) is 18.4. The molecule has 0 fully saturated rings. The van der Waals surface area contributed by atoms with Crippen LogP contribution in [0.15, 0.2) is 41.3 Å². The predicted octanol–water partition coefficient (Wildman–Crippen LogP) is 4.04. The molecule has 0 aliphatic carbocycles. The highest BCUT2D eigenvalue weighted by Gasteiger charge is 2.28. The Labute approximate surface area is 190 Å². The molecule has 0 atom stereocenters. The molecule has 0 bridgehead atoms. The van der Waals surface area contributed by atoms with E-state index in [4.69, 9.17) is 0 Å². The number of benzene rings is 2. The van der Waals surface area contributed by atoms with Crippen LogP contribution < -0.4 is 10.0 Å². The molecule has 172 valence electrons. The summed E-state index contributed by atoms with van der Waals surface area (Å²) in [5.74, 6) is -0.829. The number of nitrogens with zero attached hydrogens (tertiary/aromatic N) is 2. The number of hydrogen-bond donors (Lipinski definition) is 2. The Morgan fingerprint density at radius 3 is 2.55 bits per heavy atom. The first-order valence-corrected chi connectivity index (χ1v) is 11.9. The van der Waals surface area contributed by atoms with E-state index >= 15 is 0 Å². The third-order valence-electron chi connectivity index (χ3n) is 5.55. The van der Waals surface area contributed by atoms with Crippen molar-refractivity contribution in [2.24, 2.45) is 0 Å². The third-order valence-corrected chi connectivity index (χ3v) is 7.06. The molecule has 33 heavy (non-hydrogen) atoms. The van der Waals surface area contributed by atoms with E-state index in [2.05, 4.69) is 15.1 Å². The van der Waals surface area contributed by atoms with E-state index in [1.165, 1.54) is 28.9 Å². The minimum absolute atomic E-state index is 0.0250. The molecule has 0 unspecified atom stereocenters. The normalized spacial score (nSPS) is 13.9. The second kappa shape index (κ2) is 8.43. The summed E-state index contributed by atoms with van der Waals surface area (Å²) < 4.78 is 43.6. The monoisotopic (exact) mass is 470 g/mol. The number of hydrogen-bond acceptors (Lipinski definition) is 5. The van der Waals surface area contributed by atoms with Crippen LogP contribution in [0.2, 0.25) is 0 Å². The van der Waals surface area contributed by atoms with E-state index in [9.17, 15) is 22.4 Å². The lowest BCUT2D eigenvalue weighted by Gasteiger charge is -2.14. The molecule has 2 N–H and O–H groups in total. The lowest BCUT2D eigenvalue weighted by Crippen LogP contribution is -2.15. The number of nitrogens with one attached hydrogen (secondary N) is 2. The van der Waals surface area contributed by atoms with Crippen LogP contribution in [0.4, 0.5) is 15.9 Å². The molecular weight excluding hydrogens is 447 g/mol. The molecule has 1 amide bonds. The maximum absolute atomic E-state index is 13.4. The Morgan fingerprint density at radius 2 is 1.85 bits per heavy atom. The topological polar surface area (TPSA) is 110 Å². The second-order valence-corrected chi connectivity index (χ2v) is 9.57. The summed E-state index contributed by atoms with van der Waals surface area (Å²) in [5.41, 5.74) is 2.80. The molecule has 2 heterocycles. The Balaban J connectivity index is 1.83. The van der Waals surface area contributed by atoms with Gasteiger partial charge in [-0.25, -0.2) is 12.8 Å². The van der Waals surface area contributed by atoms with E-state index in [1.54, 1.807) is 26.0 Å². The number of aryl methyl sites for hydroxylation is 3. The molecule has 0 saturated carbocycles. The lowest BCUT2D eigenvalue weighted by atomic mass is 10.0. The van der Waals surface area contributed by atoms with Gasteiger partial charge in [-0.1, -0.05) is 19.1 Å². The van der Waals surface area contributed by atoms with Gasteiger partial charge >= 0.3 is 0 Å². The van der Waals surface area contributed by atoms with Gasteiger partial charge in [0.25, 0.3) is 10.0 Å². The van der Waals surface area contributed by atoms with E-state index in [-0.39, 0.29) is 41.1 Å². The maximum Gasteiger partial charge on any atom is 0.262 e. The Kier molecular flexibility index (Phi) is 5.79. The van der Waals surface area contributed by atoms with Crippen LogP contribution in [0, 0.1) is 19.7 Å². The highest BCUT2D eigenvalue weighted by molar-refractivity contribution is 7.92. The van der Waals surface area contributed by atoms with Gasteiger partial charge in [-0.05, 0) is 61.2 Å². The number of amides is 1. The second-order valence-electron chi connectivity index (χ2n) is 7.92. The fourth-order valence-corrected chi connectivity index (χ4v) is 5.22. The summed E-state index contributed by atoms with van der Waals surface area (Å²) >= 11 is 0. The molecule has 1 aromatic heterocycles. The largest absolute Gasteiger partial charge is 0.310 e. The van der Waals surface area contributed by atoms with Gasteiger partial charge in [-0.15, -0.1) is 0 Å². The molecule has 10 heteroatoms. The molecule has 0 radical (unpaired) electrons. The van der Waals surface area contributed by atoms with Crippen molar-refractivity contribution in [2.45, 2.75) is 44.9 Å². The highest BCUT2D eigenvalue weighted by atomic mass is 32.2. The van der Waals surface area contributed by atoms with Crippen LogP contribution in [0.1, 0.15) is 41.4 Å². The van der Waals surface area contributed by atoms with Gasteiger partial charge in [0.05, 0.1) is 16.3 Å². The van der Waals surface area contributed by atoms with E-state index in [0.717, 1.165) is 0 Å². The first-order valence-electron chi connectivity index (χ1n) is 10.5. The van der Waals surface area contributed by atoms with E-state index in [0.29, 0.717) is 34.4 Å². The summed E-state index contributed by atoms with van der Waals surface area (Å²) in [7, 11) is -4.02. The number of anilines is 2. The van der Waals surface area contributed by atoms with Crippen molar-refractivity contribution >= 4 is 33.3 Å². The van der Waals surface area contributed by atoms with Crippen molar-refractivity contribution in [3.63, 3.8) is 0 Å². The molecule has 8 nitrogen and oxygen atoms in total. The van der Waals surface area contributed by atoms with Crippen molar-refractivity contribution in [3.8, 4) is 11.1 Å². The highest BCUT2D eigenvalue weighted by Crippen LogP contribution is 2.36. The summed E-state index contributed by atoms with van der Waals surface area (Å²) in [5, 5.41) is 7.11. The first kappa shape index (κ1) is 22.7. The van der Waals surface area contributed by atoms with Gasteiger partial charge in [0.2, 0.25) is 11.8 Å². The molecule has 1 aliphatic heterocycles. The average Bonchev–Trinajstić information content (AvgIpc) is 3.05. The van der Waals surface area contributed by atoms with Crippen molar-refractivity contribution in [3.05, 3.63) is 59.0 Å². The smallest absolute Gasteiger partial charge is 0.262 e. The standard InChI is InChI=1S/C23H23FN4O4S/c1-4-17-22(23-25-20(29)9-10-21(30)28(23)26-17)15-6-5-13(2)19(12-15)33(31,32)27-18-8-7-16(24)11-14(18)3/h5-8,11-12,27H,4,9-10H2,1-3H3,(H,25,29). The third kappa shape index (κ3) is 4.25. The van der Waals surface area contributed by atoms with Crippen molar-refractivity contribution in [1.29, 1.82) is 0 Å². The van der Waals surface area contributed by atoms with Gasteiger partial charge in [0.1, 0.15) is 11.6 Å². The minimum atomic E-state index is -4.02. The molecule has 0 saturated heterocycles. The van der Waals surface area contributed by atoms with Crippen LogP contribution in [-0.4, -0.2) is 30.0 Å². The Morgan fingerprint density at radius 1 is 1.09 bits per heavy atom. The van der Waals surface area contributed by atoms with Crippen molar-refractivity contribution < 1.29 is 22.4 Å². The number of carbonyl (C=O) groups excluding carboxylic acids is 2. The van der Waals surface area contributed by atoms with Crippen LogP contribution in [0.5, 0.6) is 0 Å². The van der Waals surface area contributed by atoms with E-state index in [1.807, 2.05) is 6.92 Å². The van der Waals surface area contributed by atoms with Gasteiger partial charge in [0, 0.05) is 18.4 Å². The first-order chi connectivity index (χ1) is 15.6. The predicted molar refractivity (Wildman–Crippen MR) is 122 cm³/mol. The number of carbonyl (C=O) groups is 2. The van der Waals surface area contributed by atoms with Crippen LogP contribution in [0.25, 0.3) is 11.1 Å². The fourth-order valence-electron chi connectivity index (χ4n) is 3.82. The number of rotatable bonds is 5. The van der Waals surface area contributed by atoms with Gasteiger partial charge in [0.15, 0.2) is 0 Å². The Hall–Kier alpha value is -3.53. The quantitative estimate of drug-likeness (QED) is 0.585. The van der Waals surface area contributed by atoms with E-state index < -0.39 is 15.8 Å². The number of sulfonamides is 1. The summed E-state index contributed by atoms with van der Waals surface area (Å²) in [6, 6.07) is 8.69. The van der Waals surface area contributed by atoms with Gasteiger partial charge < -0.3 is 5.32 Å². The summed E-state index contributed by atoms with van der Waals surface area (Å²) in [4.78, 5) is 24.7. The number of aromatic nitrogens is 2. The van der Waals surface area contributed by atoms with Crippen molar-refractivity contribution in [1.82, 2.24) is 9.78 Å². The zero-order chi connectivity index (χ0) is 23.9. The van der Waals surface area contributed by atoms with Crippen LogP contribution >= 0.6 is 0 Å². The molecule has 3 aromatic rings. The van der Waals surface area contributed by atoms with Crippen molar-refractivity contribution in [2.75, 3.05) is 10.0 Å². The molecule has 2 aromatic carbocycles. The minimum Gasteiger partial charge on any atom is -0.310 e. The maximum atomic E-state index is 13.4.